The molecule has 1 heterocycles. The molecule has 0 amide bonds. The van der Waals surface area contributed by atoms with E-state index in [0.717, 1.165) is 5.56 Å². The molecule has 2 rings (SSSR count). The van der Waals surface area contributed by atoms with Crippen molar-refractivity contribution in [3.05, 3.63) is 35.5 Å². The van der Waals surface area contributed by atoms with Gasteiger partial charge in [0.2, 0.25) is 11.8 Å². The van der Waals surface area contributed by atoms with Gasteiger partial charge in [-0.15, -0.1) is 21.8 Å². The molecule has 0 saturated carbocycles. The molecule has 0 fully saturated rings. The lowest BCUT2D eigenvalue weighted by Crippen LogP contribution is -1.90. The Hall–Kier alpha value is -2.01. The highest BCUT2D eigenvalue weighted by molar-refractivity contribution is 6.16. The van der Waals surface area contributed by atoms with Crippen LogP contribution < -0.4 is 9.47 Å². The molecule has 0 N–H and O–H groups in total. The van der Waals surface area contributed by atoms with E-state index in [1.807, 2.05) is 24.3 Å². The molecule has 0 unspecified atom stereocenters. The standard InChI is InChI=1S/C13H13ClN2O3/c1-17-10-5-3-9(7-11(10)18-2)4-6-12-15-16-13(8-14)19-12/h3-7H,8H2,1-2H3. The third-order valence-electron chi connectivity index (χ3n) is 2.42. The molecule has 6 heteroatoms. The van der Waals surface area contributed by atoms with Crippen LogP contribution in [0.25, 0.3) is 12.2 Å². The van der Waals surface area contributed by atoms with E-state index < -0.39 is 0 Å². The van der Waals surface area contributed by atoms with E-state index in [1.54, 1.807) is 20.3 Å². The van der Waals surface area contributed by atoms with Crippen LogP contribution in [0.1, 0.15) is 17.3 Å². The number of ether oxygens (including phenoxy) is 2. The fraction of sp³-hybridized carbons (Fsp3) is 0.231. The maximum Gasteiger partial charge on any atom is 0.240 e. The Bertz CT molecular complexity index is 581. The highest BCUT2D eigenvalue weighted by Crippen LogP contribution is 2.28. The monoisotopic (exact) mass is 280 g/mol. The second-order valence-electron chi connectivity index (χ2n) is 3.62. The average molecular weight is 281 g/mol. The Morgan fingerprint density at radius 2 is 1.95 bits per heavy atom. The van der Waals surface area contributed by atoms with Crippen molar-refractivity contribution in [2.24, 2.45) is 0 Å². The summed E-state index contributed by atoms with van der Waals surface area (Å²) in [7, 11) is 3.19. The molecule has 0 bridgehead atoms. The highest BCUT2D eigenvalue weighted by atomic mass is 35.5. The smallest absolute Gasteiger partial charge is 0.240 e. The van der Waals surface area contributed by atoms with Crippen LogP contribution in [0, 0.1) is 0 Å². The van der Waals surface area contributed by atoms with E-state index in [1.165, 1.54) is 0 Å². The second-order valence-corrected chi connectivity index (χ2v) is 3.88. The van der Waals surface area contributed by atoms with Gasteiger partial charge in [-0.05, 0) is 23.8 Å². The summed E-state index contributed by atoms with van der Waals surface area (Å²) in [5.41, 5.74) is 0.934. The minimum Gasteiger partial charge on any atom is -0.493 e. The summed E-state index contributed by atoms with van der Waals surface area (Å²) < 4.78 is 15.6. The molecular weight excluding hydrogens is 268 g/mol. The van der Waals surface area contributed by atoms with Crippen molar-refractivity contribution in [1.29, 1.82) is 0 Å². The SMILES string of the molecule is COc1ccc(C=Cc2nnc(CCl)o2)cc1OC. The number of rotatable bonds is 5. The lowest BCUT2D eigenvalue weighted by molar-refractivity contribution is 0.355. The zero-order valence-electron chi connectivity index (χ0n) is 10.6. The molecule has 2 aromatic rings. The minimum atomic E-state index is 0.206. The Balaban J connectivity index is 2.18. The maximum atomic E-state index is 5.58. The first-order valence-corrected chi connectivity index (χ1v) is 6.08. The van der Waals surface area contributed by atoms with Crippen molar-refractivity contribution >= 4 is 23.8 Å². The molecule has 0 aliphatic carbocycles. The molecule has 0 atom stereocenters. The van der Waals surface area contributed by atoms with Gasteiger partial charge in [-0.1, -0.05) is 6.07 Å². The van der Waals surface area contributed by atoms with Crippen LogP contribution in [0.2, 0.25) is 0 Å². The van der Waals surface area contributed by atoms with Crippen molar-refractivity contribution in [1.82, 2.24) is 10.2 Å². The van der Waals surface area contributed by atoms with Crippen molar-refractivity contribution in [2.45, 2.75) is 5.88 Å². The Morgan fingerprint density at radius 1 is 1.16 bits per heavy atom. The Labute approximate surface area is 115 Å². The molecule has 5 nitrogen and oxygen atoms in total. The van der Waals surface area contributed by atoms with E-state index >= 15 is 0 Å². The molecule has 0 saturated heterocycles. The summed E-state index contributed by atoms with van der Waals surface area (Å²) in [5, 5.41) is 7.60. The fourth-order valence-corrected chi connectivity index (χ4v) is 1.62. The number of halogens is 1. The van der Waals surface area contributed by atoms with Crippen LogP contribution in [-0.4, -0.2) is 24.4 Å². The van der Waals surface area contributed by atoms with Crippen molar-refractivity contribution < 1.29 is 13.9 Å². The van der Waals surface area contributed by atoms with Crippen LogP contribution in [0.3, 0.4) is 0 Å². The number of hydrogen-bond donors (Lipinski definition) is 0. The quantitative estimate of drug-likeness (QED) is 0.788. The third-order valence-corrected chi connectivity index (χ3v) is 2.65. The molecule has 19 heavy (non-hydrogen) atoms. The third kappa shape index (κ3) is 3.26. The number of benzene rings is 1. The van der Waals surface area contributed by atoms with Gasteiger partial charge in [0.15, 0.2) is 11.5 Å². The highest BCUT2D eigenvalue weighted by Gasteiger charge is 2.04. The normalized spacial score (nSPS) is 10.9. The van der Waals surface area contributed by atoms with E-state index in [4.69, 9.17) is 25.5 Å². The van der Waals surface area contributed by atoms with Crippen molar-refractivity contribution in [3.8, 4) is 11.5 Å². The first kappa shape index (κ1) is 13.4. The van der Waals surface area contributed by atoms with E-state index in [9.17, 15) is 0 Å². The van der Waals surface area contributed by atoms with Gasteiger partial charge in [0, 0.05) is 6.08 Å². The number of nitrogens with zero attached hydrogens (tertiary/aromatic N) is 2. The van der Waals surface area contributed by atoms with Crippen molar-refractivity contribution in [2.75, 3.05) is 14.2 Å². The zero-order chi connectivity index (χ0) is 13.7. The molecule has 1 aromatic carbocycles. The molecular formula is C13H13ClN2O3. The van der Waals surface area contributed by atoms with Crippen LogP contribution in [0.15, 0.2) is 22.6 Å². The average Bonchev–Trinajstić information content (AvgIpc) is 2.92. The van der Waals surface area contributed by atoms with Crippen LogP contribution in [-0.2, 0) is 5.88 Å². The number of aromatic nitrogens is 2. The van der Waals surface area contributed by atoms with Crippen LogP contribution in [0.4, 0.5) is 0 Å². The molecule has 0 radical (unpaired) electrons. The number of alkyl halides is 1. The summed E-state index contributed by atoms with van der Waals surface area (Å²) in [4.78, 5) is 0. The lowest BCUT2D eigenvalue weighted by atomic mass is 10.2. The second kappa shape index (κ2) is 6.24. The molecule has 0 aliphatic heterocycles. The maximum absolute atomic E-state index is 5.58. The van der Waals surface area contributed by atoms with Crippen LogP contribution >= 0.6 is 11.6 Å². The van der Waals surface area contributed by atoms with Crippen molar-refractivity contribution in [3.63, 3.8) is 0 Å². The summed E-state index contributed by atoms with van der Waals surface area (Å²) in [6, 6.07) is 5.58. The van der Waals surface area contributed by atoms with Gasteiger partial charge in [0.1, 0.15) is 5.88 Å². The van der Waals surface area contributed by atoms with Gasteiger partial charge in [-0.3, -0.25) is 0 Å². The number of methoxy groups -OCH3 is 2. The molecule has 1 aromatic heterocycles. The summed E-state index contributed by atoms with van der Waals surface area (Å²) in [6.45, 7) is 0. The first-order valence-electron chi connectivity index (χ1n) is 5.55. The fourth-order valence-electron chi connectivity index (χ4n) is 1.51. The molecule has 0 aliphatic rings. The lowest BCUT2D eigenvalue weighted by Gasteiger charge is -2.07. The van der Waals surface area contributed by atoms with Gasteiger partial charge in [-0.25, -0.2) is 0 Å². The largest absolute Gasteiger partial charge is 0.493 e. The van der Waals surface area contributed by atoms with Gasteiger partial charge in [-0.2, -0.15) is 0 Å². The van der Waals surface area contributed by atoms with Gasteiger partial charge < -0.3 is 13.9 Å². The summed E-state index contributed by atoms with van der Waals surface area (Å²) >= 11 is 5.58. The van der Waals surface area contributed by atoms with Gasteiger partial charge in [0.25, 0.3) is 0 Å². The van der Waals surface area contributed by atoms with Crippen LogP contribution in [0.5, 0.6) is 11.5 Å². The topological polar surface area (TPSA) is 57.4 Å². The predicted octanol–water partition coefficient (Wildman–Crippen LogP) is 3.00. The Kier molecular flexibility index (Phi) is 4.41. The Morgan fingerprint density at radius 3 is 2.58 bits per heavy atom. The first-order chi connectivity index (χ1) is 9.26. The molecule has 100 valence electrons. The zero-order valence-corrected chi connectivity index (χ0v) is 11.3. The predicted molar refractivity (Wildman–Crippen MR) is 72.3 cm³/mol. The van der Waals surface area contributed by atoms with Gasteiger partial charge in [0.05, 0.1) is 14.2 Å². The van der Waals surface area contributed by atoms with E-state index in [2.05, 4.69) is 10.2 Å². The van der Waals surface area contributed by atoms with Gasteiger partial charge >= 0.3 is 0 Å². The summed E-state index contributed by atoms with van der Waals surface area (Å²) in [6.07, 6.45) is 3.55. The minimum absolute atomic E-state index is 0.206. The molecule has 0 spiro atoms. The summed E-state index contributed by atoms with van der Waals surface area (Å²) in [5.74, 6) is 2.36. The number of hydrogen-bond acceptors (Lipinski definition) is 5. The van der Waals surface area contributed by atoms with E-state index in [0.29, 0.717) is 23.3 Å². The van der Waals surface area contributed by atoms with E-state index in [-0.39, 0.29) is 5.88 Å².